The largest absolute Gasteiger partial charge is 0.461 e. The van der Waals surface area contributed by atoms with Gasteiger partial charge in [0.25, 0.3) is 0 Å². The van der Waals surface area contributed by atoms with Gasteiger partial charge >= 0.3 is 18.1 Å². The molecule has 2 spiro atoms. The number of hydrogen-bond acceptors (Lipinski definition) is 8. The van der Waals surface area contributed by atoms with Gasteiger partial charge in [-0.25, -0.2) is 4.79 Å². The van der Waals surface area contributed by atoms with E-state index < -0.39 is 87.7 Å². The highest BCUT2D eigenvalue weighted by atomic mass is 19.4. The van der Waals surface area contributed by atoms with Crippen molar-refractivity contribution in [1.29, 1.82) is 0 Å². The van der Waals surface area contributed by atoms with Crippen molar-refractivity contribution in [2.45, 2.75) is 64.2 Å². The molecule has 38 heavy (non-hydrogen) atoms. The maximum Gasteiger partial charge on any atom is 0.416 e. The fourth-order valence-electron chi connectivity index (χ4n) is 8.32. The summed E-state index contributed by atoms with van der Waals surface area (Å²) < 4.78 is 56.2. The van der Waals surface area contributed by atoms with Crippen LogP contribution >= 0.6 is 0 Å². The summed E-state index contributed by atoms with van der Waals surface area (Å²) >= 11 is 0. The van der Waals surface area contributed by atoms with Crippen LogP contribution in [0.3, 0.4) is 0 Å². The highest BCUT2D eigenvalue weighted by Gasteiger charge is 2.82. The van der Waals surface area contributed by atoms with E-state index in [2.05, 4.69) is 0 Å². The summed E-state index contributed by atoms with van der Waals surface area (Å²) in [7, 11) is 0. The molecule has 2 aliphatic heterocycles. The third-order valence-electron chi connectivity index (χ3n) is 9.84. The number of ketones is 2. The number of esters is 2. The van der Waals surface area contributed by atoms with Gasteiger partial charge in [-0.2, -0.15) is 13.2 Å². The molecule has 2 heterocycles. The third kappa shape index (κ3) is 3.05. The minimum Gasteiger partial charge on any atom is -0.461 e. The average Bonchev–Trinajstić information content (AvgIpc) is 3.27. The monoisotopic (exact) mass is 536 g/mol. The van der Waals surface area contributed by atoms with E-state index in [1.807, 2.05) is 13.8 Å². The number of carbonyl (C=O) groups is 4. The van der Waals surface area contributed by atoms with E-state index in [-0.39, 0.29) is 18.6 Å². The Morgan fingerprint density at radius 1 is 1.08 bits per heavy atom. The van der Waals surface area contributed by atoms with Crippen molar-refractivity contribution in [1.82, 2.24) is 0 Å². The van der Waals surface area contributed by atoms with Crippen LogP contribution in [0, 0.1) is 34.0 Å². The predicted molar refractivity (Wildman–Crippen MR) is 120 cm³/mol. The summed E-state index contributed by atoms with van der Waals surface area (Å²) in [5, 5.41) is 10.9. The number of aliphatic hydroxyl groups excluding tert-OH is 1. The highest BCUT2D eigenvalue weighted by molar-refractivity contribution is 6.46. The number of aliphatic hydroxyl groups is 1. The van der Waals surface area contributed by atoms with Crippen LogP contribution in [0.15, 0.2) is 24.3 Å². The first-order valence-electron chi connectivity index (χ1n) is 12.7. The first-order chi connectivity index (χ1) is 17.8. The fourth-order valence-corrected chi connectivity index (χ4v) is 8.32. The minimum absolute atomic E-state index is 0.0122. The SMILES string of the molecule is CC1(C)CC[C@@H]2OC(=O)[C@]34C(=O)C(=O)[C@H](CC[C@H]3[C@]23CO[C@@H](O)[C@H]13)[C@H]4OC(=O)c1ccc(C(F)(F)F)cc1. The summed E-state index contributed by atoms with van der Waals surface area (Å²) in [5.74, 6) is -6.14. The molecule has 204 valence electrons. The van der Waals surface area contributed by atoms with Crippen molar-refractivity contribution in [2.24, 2.45) is 34.0 Å². The zero-order valence-corrected chi connectivity index (χ0v) is 20.7. The van der Waals surface area contributed by atoms with Crippen LogP contribution in [-0.4, -0.2) is 53.7 Å². The lowest BCUT2D eigenvalue weighted by Gasteiger charge is -2.62. The molecule has 1 aromatic rings. The molecule has 8 atom stereocenters. The van der Waals surface area contributed by atoms with Gasteiger partial charge in [-0.1, -0.05) is 13.8 Å². The average molecular weight is 536 g/mol. The molecule has 0 radical (unpaired) electrons. The van der Waals surface area contributed by atoms with Crippen LogP contribution in [-0.2, 0) is 34.8 Å². The summed E-state index contributed by atoms with van der Waals surface area (Å²) in [6, 6.07) is 3.36. The Hall–Kier alpha value is -2.79. The van der Waals surface area contributed by atoms with Crippen molar-refractivity contribution in [3.63, 3.8) is 0 Å². The number of fused-ring (bicyclic) bond motifs is 1. The van der Waals surface area contributed by atoms with Crippen LogP contribution < -0.4 is 0 Å². The molecular weight excluding hydrogens is 509 g/mol. The molecule has 3 aliphatic carbocycles. The van der Waals surface area contributed by atoms with Crippen LogP contribution in [0.25, 0.3) is 0 Å². The molecule has 0 unspecified atom stereocenters. The first kappa shape index (κ1) is 25.5. The maximum atomic E-state index is 13.7. The van der Waals surface area contributed by atoms with Gasteiger partial charge in [0.05, 0.1) is 23.7 Å². The lowest BCUT2D eigenvalue weighted by molar-refractivity contribution is -0.249. The van der Waals surface area contributed by atoms with Crippen LogP contribution in [0.2, 0.25) is 0 Å². The zero-order valence-electron chi connectivity index (χ0n) is 20.7. The van der Waals surface area contributed by atoms with Crippen molar-refractivity contribution >= 4 is 23.5 Å². The zero-order chi connectivity index (χ0) is 27.4. The second kappa shape index (κ2) is 7.88. The second-order valence-corrected chi connectivity index (χ2v) is 11.9. The van der Waals surface area contributed by atoms with Gasteiger partial charge in [0.2, 0.25) is 11.6 Å². The number of Topliss-reactive ketones (excluding diaryl/α,β-unsaturated/α-hetero) is 2. The molecule has 3 saturated carbocycles. The Morgan fingerprint density at radius 2 is 1.76 bits per heavy atom. The number of benzene rings is 1. The molecule has 2 bridgehead atoms. The summed E-state index contributed by atoms with van der Waals surface area (Å²) in [6.07, 6.45) is -6.29. The first-order valence-corrected chi connectivity index (χ1v) is 12.7. The second-order valence-electron chi connectivity index (χ2n) is 11.9. The van der Waals surface area contributed by atoms with Gasteiger partial charge in [0.15, 0.2) is 11.7 Å². The number of alkyl halides is 3. The maximum absolute atomic E-state index is 13.7. The molecule has 8 nitrogen and oxygen atoms in total. The molecule has 0 aromatic heterocycles. The third-order valence-corrected chi connectivity index (χ3v) is 9.84. The molecule has 5 aliphatic rings. The van der Waals surface area contributed by atoms with Crippen molar-refractivity contribution in [2.75, 3.05) is 6.61 Å². The Balaban J connectivity index is 1.42. The minimum atomic E-state index is -4.60. The Labute approximate surface area is 215 Å². The standard InChI is InChI=1S/C27H27F3O8/c1-24(2)10-9-16-25(11-36-22(34)18(24)25)15-8-7-14-17(31)19(32)26(15,23(35)37-16)20(14)38-21(33)12-3-5-13(6-4-12)27(28,29)30/h3-6,14-16,18,20,22,34H,7-11H2,1-2H3/t14-,15-,16-,18+,20+,22+,25+,26-/m0/s1. The number of rotatable bonds is 2. The number of hydrogen-bond donors (Lipinski definition) is 1. The lowest BCUT2D eigenvalue weighted by Crippen LogP contribution is -2.71. The normalized spacial score (nSPS) is 41.2. The van der Waals surface area contributed by atoms with Gasteiger partial charge < -0.3 is 19.3 Å². The molecule has 1 aromatic carbocycles. The van der Waals surface area contributed by atoms with Crippen molar-refractivity contribution < 1.29 is 51.7 Å². The molecule has 1 N–H and O–H groups in total. The Morgan fingerprint density at radius 3 is 2.42 bits per heavy atom. The fraction of sp³-hybridized carbons (Fsp3) is 0.630. The van der Waals surface area contributed by atoms with Gasteiger partial charge in [0.1, 0.15) is 12.2 Å². The number of carbonyl (C=O) groups excluding carboxylic acids is 4. The smallest absolute Gasteiger partial charge is 0.416 e. The van der Waals surface area contributed by atoms with Crippen LogP contribution in [0.1, 0.15) is 55.5 Å². The van der Waals surface area contributed by atoms with E-state index in [1.165, 1.54) is 0 Å². The van der Waals surface area contributed by atoms with Gasteiger partial charge in [-0.15, -0.1) is 0 Å². The van der Waals surface area contributed by atoms with E-state index in [0.29, 0.717) is 19.3 Å². The van der Waals surface area contributed by atoms with Crippen molar-refractivity contribution in [3.8, 4) is 0 Å². The van der Waals surface area contributed by atoms with E-state index in [1.54, 1.807) is 0 Å². The molecular formula is C27H27F3O8. The quantitative estimate of drug-likeness (QED) is 0.348. The molecule has 6 rings (SSSR count). The van der Waals surface area contributed by atoms with E-state index in [0.717, 1.165) is 24.3 Å². The summed E-state index contributed by atoms with van der Waals surface area (Å²) in [6.45, 7) is 3.97. The van der Waals surface area contributed by atoms with E-state index in [4.69, 9.17) is 14.2 Å². The molecule has 5 fully saturated rings. The predicted octanol–water partition coefficient (Wildman–Crippen LogP) is 3.09. The van der Waals surface area contributed by atoms with Gasteiger partial charge in [-0.3, -0.25) is 14.4 Å². The lowest BCUT2D eigenvalue weighted by atomic mass is 9.43. The number of ether oxygens (including phenoxy) is 3. The topological polar surface area (TPSA) is 116 Å². The highest BCUT2D eigenvalue weighted by Crippen LogP contribution is 2.70. The van der Waals surface area contributed by atoms with Crippen LogP contribution in [0.4, 0.5) is 13.2 Å². The Kier molecular flexibility index (Phi) is 5.28. The van der Waals surface area contributed by atoms with Crippen LogP contribution in [0.5, 0.6) is 0 Å². The van der Waals surface area contributed by atoms with Gasteiger partial charge in [-0.05, 0) is 61.3 Å². The molecule has 2 saturated heterocycles. The summed E-state index contributed by atoms with van der Waals surface area (Å²) in [4.78, 5) is 53.6. The van der Waals surface area contributed by atoms with E-state index >= 15 is 0 Å². The van der Waals surface area contributed by atoms with Gasteiger partial charge in [0, 0.05) is 11.3 Å². The Bertz CT molecular complexity index is 1240. The van der Waals surface area contributed by atoms with E-state index in [9.17, 15) is 37.5 Å². The molecule has 11 heteroatoms. The number of halogens is 3. The molecule has 0 amide bonds. The summed E-state index contributed by atoms with van der Waals surface area (Å²) in [5.41, 5.74) is -4.68. The van der Waals surface area contributed by atoms with Crippen molar-refractivity contribution in [3.05, 3.63) is 35.4 Å².